The number of carbonyl (C=O) groups excluding carboxylic acids is 1. The number of carbonyl (C=O) groups is 1. The number of hydrogen-bond acceptors (Lipinski definition) is 6. The number of aryl methyl sites for hydroxylation is 2. The first-order valence-corrected chi connectivity index (χ1v) is 10.2. The summed E-state index contributed by atoms with van der Waals surface area (Å²) < 4.78 is 17.3. The van der Waals surface area contributed by atoms with Gasteiger partial charge in [-0.2, -0.15) is 0 Å². The third kappa shape index (κ3) is 2.78. The molecule has 154 valence electrons. The molecule has 1 unspecified atom stereocenters. The molecule has 1 aromatic heterocycles. The fourth-order valence-electron chi connectivity index (χ4n) is 4.69. The van der Waals surface area contributed by atoms with Gasteiger partial charge in [0.2, 0.25) is 0 Å². The van der Waals surface area contributed by atoms with Crippen LogP contribution in [0.1, 0.15) is 58.0 Å². The summed E-state index contributed by atoms with van der Waals surface area (Å²) in [5.41, 5.74) is 3.86. The van der Waals surface area contributed by atoms with Crippen molar-refractivity contribution in [2.75, 3.05) is 7.11 Å². The zero-order valence-corrected chi connectivity index (χ0v) is 16.9. The third-order valence-electron chi connectivity index (χ3n) is 6.15. The van der Waals surface area contributed by atoms with Crippen molar-refractivity contribution in [3.63, 3.8) is 0 Å². The van der Waals surface area contributed by atoms with Crippen LogP contribution in [0.2, 0.25) is 0 Å². The van der Waals surface area contributed by atoms with E-state index in [1.54, 1.807) is 18.2 Å². The van der Waals surface area contributed by atoms with Crippen LogP contribution in [-0.2, 0) is 12.8 Å². The van der Waals surface area contributed by atoms with Crippen molar-refractivity contribution >= 4 is 16.8 Å². The van der Waals surface area contributed by atoms with Gasteiger partial charge >= 0.3 is 5.63 Å². The molecule has 0 fully saturated rings. The summed E-state index contributed by atoms with van der Waals surface area (Å²) in [5, 5.41) is 10.6. The highest BCUT2D eigenvalue weighted by Crippen LogP contribution is 2.44. The first-order chi connectivity index (χ1) is 14.5. The van der Waals surface area contributed by atoms with Crippen LogP contribution in [0, 0.1) is 6.92 Å². The van der Waals surface area contributed by atoms with E-state index < -0.39 is 6.10 Å². The maximum atomic E-state index is 13.1. The lowest BCUT2D eigenvalue weighted by atomic mass is 9.86. The second-order valence-corrected chi connectivity index (χ2v) is 7.99. The summed E-state index contributed by atoms with van der Waals surface area (Å²) in [6.07, 6.45) is 3.06. The van der Waals surface area contributed by atoms with Crippen molar-refractivity contribution in [2.45, 2.75) is 45.1 Å². The molecule has 1 aliphatic carbocycles. The molecule has 30 heavy (non-hydrogen) atoms. The zero-order valence-electron chi connectivity index (χ0n) is 16.9. The first kappa shape index (κ1) is 18.7. The molecule has 1 aliphatic heterocycles. The molecule has 2 aromatic carbocycles. The number of ether oxygens (including phenoxy) is 2. The number of benzene rings is 2. The summed E-state index contributed by atoms with van der Waals surface area (Å²) in [4.78, 5) is 25.6. The number of fused-ring (bicyclic) bond motifs is 5. The van der Waals surface area contributed by atoms with Crippen LogP contribution in [0.25, 0.3) is 11.0 Å². The molecule has 2 heterocycles. The Hall–Kier alpha value is -3.28. The first-order valence-electron chi connectivity index (χ1n) is 10.2. The van der Waals surface area contributed by atoms with Crippen molar-refractivity contribution in [1.82, 2.24) is 0 Å². The topological polar surface area (TPSA) is 86.0 Å². The van der Waals surface area contributed by atoms with Gasteiger partial charge in [0.05, 0.1) is 24.5 Å². The van der Waals surface area contributed by atoms with Crippen molar-refractivity contribution in [2.24, 2.45) is 0 Å². The van der Waals surface area contributed by atoms with Crippen molar-refractivity contribution in [3.8, 4) is 17.2 Å². The van der Waals surface area contributed by atoms with Crippen LogP contribution in [-0.4, -0.2) is 18.0 Å². The van der Waals surface area contributed by atoms with E-state index in [0.29, 0.717) is 34.6 Å². The number of phenols is 1. The minimum absolute atomic E-state index is 0.0107. The summed E-state index contributed by atoms with van der Waals surface area (Å²) in [7, 11) is 1.48. The van der Waals surface area contributed by atoms with Gasteiger partial charge in [-0.25, -0.2) is 4.79 Å². The quantitative estimate of drug-likeness (QED) is 0.635. The molecule has 0 spiro atoms. The van der Waals surface area contributed by atoms with Gasteiger partial charge in [-0.1, -0.05) is 6.07 Å². The van der Waals surface area contributed by atoms with Crippen molar-refractivity contribution in [1.29, 1.82) is 0 Å². The highest BCUT2D eigenvalue weighted by molar-refractivity contribution is 6.07. The summed E-state index contributed by atoms with van der Waals surface area (Å²) in [6, 6.07) is 6.72. The normalized spacial score (nSPS) is 17.9. The van der Waals surface area contributed by atoms with E-state index in [1.807, 2.05) is 6.92 Å². The highest BCUT2D eigenvalue weighted by Gasteiger charge is 2.33. The molecule has 6 heteroatoms. The number of methoxy groups -OCH3 is 1. The molecule has 6 nitrogen and oxygen atoms in total. The van der Waals surface area contributed by atoms with E-state index in [2.05, 4.69) is 0 Å². The maximum absolute atomic E-state index is 13.1. The zero-order chi connectivity index (χ0) is 21.0. The fourth-order valence-corrected chi connectivity index (χ4v) is 4.69. The van der Waals surface area contributed by atoms with E-state index in [0.717, 1.165) is 41.3 Å². The van der Waals surface area contributed by atoms with Crippen LogP contribution < -0.4 is 15.1 Å². The summed E-state index contributed by atoms with van der Waals surface area (Å²) in [6.45, 7) is 1.84. The fraction of sp³-hybridized carbons (Fsp3) is 0.333. The second-order valence-electron chi connectivity index (χ2n) is 7.99. The average Bonchev–Trinajstić information content (AvgIpc) is 2.73. The maximum Gasteiger partial charge on any atom is 0.339 e. The number of phenolic OH excluding ortho intramolecular Hbond substituents is 1. The van der Waals surface area contributed by atoms with Crippen LogP contribution in [0.3, 0.4) is 0 Å². The van der Waals surface area contributed by atoms with Crippen LogP contribution in [0.5, 0.6) is 17.2 Å². The van der Waals surface area contributed by atoms with Crippen molar-refractivity contribution in [3.05, 3.63) is 62.5 Å². The Bertz CT molecular complexity index is 1250. The Labute approximate surface area is 173 Å². The van der Waals surface area contributed by atoms with Crippen LogP contribution in [0.4, 0.5) is 0 Å². The average molecular weight is 406 g/mol. The van der Waals surface area contributed by atoms with Gasteiger partial charge in [-0.3, -0.25) is 4.79 Å². The summed E-state index contributed by atoms with van der Waals surface area (Å²) in [5.74, 6) is 0.844. The van der Waals surface area contributed by atoms with Crippen LogP contribution in [0.15, 0.2) is 33.5 Å². The number of Topliss-reactive ketones (excluding diaryl/α,β-unsaturated/α-hetero) is 1. The molecule has 0 amide bonds. The molecule has 2 aliphatic rings. The van der Waals surface area contributed by atoms with Gasteiger partial charge < -0.3 is 19.0 Å². The van der Waals surface area contributed by atoms with E-state index >= 15 is 0 Å². The van der Waals surface area contributed by atoms with Crippen molar-refractivity contribution < 1.29 is 23.8 Å². The number of ketones is 1. The lowest BCUT2D eigenvalue weighted by Gasteiger charge is -2.29. The Morgan fingerprint density at radius 3 is 2.63 bits per heavy atom. The Morgan fingerprint density at radius 2 is 1.87 bits per heavy atom. The van der Waals surface area contributed by atoms with Gasteiger partial charge in [0.1, 0.15) is 17.4 Å². The second kappa shape index (κ2) is 6.90. The van der Waals surface area contributed by atoms with E-state index in [4.69, 9.17) is 13.9 Å². The Balaban J connectivity index is 1.73. The minimum atomic E-state index is -0.518. The number of hydrogen-bond donors (Lipinski definition) is 1. The molecule has 5 rings (SSSR count). The summed E-state index contributed by atoms with van der Waals surface area (Å²) >= 11 is 0. The van der Waals surface area contributed by atoms with Gasteiger partial charge in [-0.15, -0.1) is 0 Å². The van der Waals surface area contributed by atoms with Gasteiger partial charge in [0, 0.05) is 5.56 Å². The van der Waals surface area contributed by atoms with Gasteiger partial charge in [0.15, 0.2) is 17.3 Å². The molecule has 3 aromatic rings. The van der Waals surface area contributed by atoms with E-state index in [9.17, 15) is 14.7 Å². The molecule has 0 bridgehead atoms. The van der Waals surface area contributed by atoms with E-state index in [-0.39, 0.29) is 23.6 Å². The molecule has 1 N–H and O–H groups in total. The lowest BCUT2D eigenvalue weighted by Crippen LogP contribution is -2.23. The third-order valence-corrected chi connectivity index (χ3v) is 6.15. The monoisotopic (exact) mass is 406 g/mol. The van der Waals surface area contributed by atoms with Gasteiger partial charge in [0.25, 0.3) is 0 Å². The standard InChI is InChI=1S/C24H22O6/c1-12-9-20-22(14-5-3-4-6-15(14)24(27)30-20)23-21(12)17(26)11-18(29-23)13-7-8-16(25)19(10-13)28-2/h7-10,18,25H,3-6,11H2,1-2H3. The van der Waals surface area contributed by atoms with Gasteiger partial charge in [-0.05, 0) is 67.5 Å². The smallest absolute Gasteiger partial charge is 0.339 e. The SMILES string of the molecule is COc1cc(C2CC(=O)c3c(C)cc4oc(=O)c5c(c4c3O2)CCCC5)ccc1O. The molecular weight excluding hydrogens is 384 g/mol. The van der Waals surface area contributed by atoms with Crippen LogP contribution >= 0.6 is 0 Å². The molecule has 1 atom stereocenters. The number of rotatable bonds is 2. The predicted molar refractivity (Wildman–Crippen MR) is 111 cm³/mol. The predicted octanol–water partition coefficient (Wildman–Crippen LogP) is 4.40. The molecular formula is C24H22O6. The Morgan fingerprint density at radius 1 is 1.10 bits per heavy atom. The Kier molecular flexibility index (Phi) is 4.31. The molecule has 0 saturated heterocycles. The molecule has 0 radical (unpaired) electrons. The van der Waals surface area contributed by atoms with E-state index in [1.165, 1.54) is 13.2 Å². The minimum Gasteiger partial charge on any atom is -0.504 e. The highest BCUT2D eigenvalue weighted by atomic mass is 16.5. The largest absolute Gasteiger partial charge is 0.504 e. The molecule has 0 saturated carbocycles. The lowest BCUT2D eigenvalue weighted by molar-refractivity contribution is 0.0852. The number of aromatic hydroxyl groups is 1.